The molecule has 0 fully saturated rings. The smallest absolute Gasteiger partial charge is 0.0739 e. The van der Waals surface area contributed by atoms with Crippen molar-refractivity contribution in [3.05, 3.63) is 35.9 Å². The Morgan fingerprint density at radius 3 is 2.73 bits per heavy atom. The first-order valence-electron chi connectivity index (χ1n) is 3.79. The van der Waals surface area contributed by atoms with E-state index in [2.05, 4.69) is 34.8 Å². The van der Waals surface area contributed by atoms with Crippen molar-refractivity contribution in [3.8, 4) is 0 Å². The molecule has 1 aliphatic rings. The zero-order chi connectivity index (χ0) is 7.52. The van der Waals surface area contributed by atoms with Gasteiger partial charge in [-0.05, 0) is 5.56 Å². The van der Waals surface area contributed by atoms with Crippen LogP contribution < -0.4 is 5.43 Å². The second-order valence-corrected chi connectivity index (χ2v) is 2.64. The number of hydrazone groups is 1. The predicted molar refractivity (Wildman–Crippen MR) is 45.4 cm³/mol. The van der Waals surface area contributed by atoms with E-state index in [4.69, 9.17) is 0 Å². The van der Waals surface area contributed by atoms with E-state index < -0.39 is 0 Å². The van der Waals surface area contributed by atoms with Crippen molar-refractivity contribution >= 4 is 6.21 Å². The summed E-state index contributed by atoms with van der Waals surface area (Å²) >= 11 is 0. The summed E-state index contributed by atoms with van der Waals surface area (Å²) in [4.78, 5) is 0. The van der Waals surface area contributed by atoms with Crippen molar-refractivity contribution in [1.29, 1.82) is 0 Å². The average molecular weight is 146 g/mol. The average Bonchev–Trinajstić information content (AvgIpc) is 2.58. The van der Waals surface area contributed by atoms with E-state index in [0.29, 0.717) is 6.04 Å². The zero-order valence-corrected chi connectivity index (χ0v) is 6.20. The topological polar surface area (TPSA) is 24.4 Å². The minimum absolute atomic E-state index is 0.399. The van der Waals surface area contributed by atoms with Crippen molar-refractivity contribution in [2.24, 2.45) is 5.10 Å². The van der Waals surface area contributed by atoms with Gasteiger partial charge in [-0.25, -0.2) is 0 Å². The molecule has 11 heavy (non-hydrogen) atoms. The molecule has 1 aliphatic heterocycles. The Labute approximate surface area is 65.9 Å². The maximum absolute atomic E-state index is 3.97. The summed E-state index contributed by atoms with van der Waals surface area (Å²) in [7, 11) is 0. The van der Waals surface area contributed by atoms with Gasteiger partial charge in [0.1, 0.15) is 0 Å². The molecule has 1 aromatic rings. The first-order valence-corrected chi connectivity index (χ1v) is 3.79. The van der Waals surface area contributed by atoms with Crippen LogP contribution in [0.3, 0.4) is 0 Å². The van der Waals surface area contributed by atoms with E-state index in [0.717, 1.165) is 6.42 Å². The van der Waals surface area contributed by atoms with E-state index in [1.54, 1.807) is 0 Å². The van der Waals surface area contributed by atoms with Crippen molar-refractivity contribution in [2.75, 3.05) is 0 Å². The lowest BCUT2D eigenvalue weighted by atomic mass is 10.1. The highest BCUT2D eigenvalue weighted by Gasteiger charge is 2.11. The summed E-state index contributed by atoms with van der Waals surface area (Å²) in [6.45, 7) is 0. The van der Waals surface area contributed by atoms with Gasteiger partial charge in [-0.15, -0.1) is 0 Å². The molecule has 0 saturated carbocycles. The second kappa shape index (κ2) is 2.74. The Balaban J connectivity index is 2.17. The molecule has 2 rings (SSSR count). The number of hydrogen-bond donors (Lipinski definition) is 1. The van der Waals surface area contributed by atoms with Gasteiger partial charge in [-0.1, -0.05) is 30.3 Å². The normalized spacial score (nSPS) is 21.6. The van der Waals surface area contributed by atoms with Crippen molar-refractivity contribution in [2.45, 2.75) is 12.5 Å². The van der Waals surface area contributed by atoms with E-state index in [1.165, 1.54) is 5.56 Å². The van der Waals surface area contributed by atoms with Crippen LogP contribution in [-0.4, -0.2) is 6.21 Å². The number of nitrogens with one attached hydrogen (secondary N) is 1. The molecular formula is C9H10N2. The first kappa shape index (κ1) is 6.40. The van der Waals surface area contributed by atoms with E-state index in [1.807, 2.05) is 12.3 Å². The number of nitrogens with zero attached hydrogens (tertiary/aromatic N) is 1. The fraction of sp³-hybridized carbons (Fsp3) is 0.222. The highest BCUT2D eigenvalue weighted by molar-refractivity contribution is 5.60. The van der Waals surface area contributed by atoms with Crippen molar-refractivity contribution in [1.82, 2.24) is 5.43 Å². The van der Waals surface area contributed by atoms with Crippen LogP contribution >= 0.6 is 0 Å². The summed E-state index contributed by atoms with van der Waals surface area (Å²) in [5, 5.41) is 3.97. The van der Waals surface area contributed by atoms with Gasteiger partial charge in [0.25, 0.3) is 0 Å². The number of benzene rings is 1. The summed E-state index contributed by atoms with van der Waals surface area (Å²) in [6, 6.07) is 10.8. The maximum atomic E-state index is 3.97. The Bertz CT molecular complexity index is 246. The second-order valence-electron chi connectivity index (χ2n) is 2.64. The van der Waals surface area contributed by atoms with Gasteiger partial charge >= 0.3 is 0 Å². The van der Waals surface area contributed by atoms with Crippen LogP contribution in [0.15, 0.2) is 35.4 Å². The van der Waals surface area contributed by atoms with E-state index >= 15 is 0 Å². The molecule has 0 aliphatic carbocycles. The Hall–Kier alpha value is -1.31. The quantitative estimate of drug-likeness (QED) is 0.640. The predicted octanol–water partition coefficient (Wildman–Crippen LogP) is 1.71. The van der Waals surface area contributed by atoms with E-state index in [-0.39, 0.29) is 0 Å². The molecule has 56 valence electrons. The van der Waals surface area contributed by atoms with Gasteiger partial charge in [0.05, 0.1) is 6.04 Å². The van der Waals surface area contributed by atoms with Crippen LogP contribution in [0.5, 0.6) is 0 Å². The zero-order valence-electron chi connectivity index (χ0n) is 6.20. The Morgan fingerprint density at radius 1 is 1.27 bits per heavy atom. The molecule has 0 saturated heterocycles. The number of hydrogen-bond acceptors (Lipinski definition) is 2. The minimum Gasteiger partial charge on any atom is -0.303 e. The van der Waals surface area contributed by atoms with Crippen LogP contribution in [0.1, 0.15) is 18.0 Å². The highest BCUT2D eigenvalue weighted by Crippen LogP contribution is 2.17. The Morgan fingerprint density at radius 2 is 2.09 bits per heavy atom. The third-order valence-electron chi connectivity index (χ3n) is 1.86. The largest absolute Gasteiger partial charge is 0.303 e. The van der Waals surface area contributed by atoms with Gasteiger partial charge in [-0.3, -0.25) is 0 Å². The van der Waals surface area contributed by atoms with Crippen molar-refractivity contribution < 1.29 is 0 Å². The van der Waals surface area contributed by atoms with Crippen LogP contribution in [0.4, 0.5) is 0 Å². The molecule has 0 aromatic heterocycles. The van der Waals surface area contributed by atoms with Crippen LogP contribution in [-0.2, 0) is 0 Å². The molecule has 1 heterocycles. The van der Waals surface area contributed by atoms with Crippen molar-refractivity contribution in [3.63, 3.8) is 0 Å². The Kier molecular flexibility index (Phi) is 1.60. The summed E-state index contributed by atoms with van der Waals surface area (Å²) < 4.78 is 0. The molecule has 1 N–H and O–H groups in total. The fourth-order valence-electron chi connectivity index (χ4n) is 1.25. The van der Waals surface area contributed by atoms with Gasteiger partial charge in [0.2, 0.25) is 0 Å². The summed E-state index contributed by atoms with van der Waals surface area (Å²) in [5.74, 6) is 0. The molecule has 0 spiro atoms. The van der Waals surface area contributed by atoms with Gasteiger partial charge in [0.15, 0.2) is 0 Å². The van der Waals surface area contributed by atoms with Crippen LogP contribution in [0.25, 0.3) is 0 Å². The van der Waals surface area contributed by atoms with E-state index in [9.17, 15) is 0 Å². The molecule has 0 unspecified atom stereocenters. The minimum atomic E-state index is 0.399. The molecule has 0 bridgehead atoms. The lowest BCUT2D eigenvalue weighted by Crippen LogP contribution is -2.08. The molecule has 2 heteroatoms. The molecule has 2 nitrogen and oxygen atoms in total. The third-order valence-corrected chi connectivity index (χ3v) is 1.86. The summed E-state index contributed by atoms with van der Waals surface area (Å²) in [5.41, 5.74) is 4.35. The van der Waals surface area contributed by atoms with Crippen LogP contribution in [0, 0.1) is 0 Å². The lowest BCUT2D eigenvalue weighted by Gasteiger charge is -2.08. The fourth-order valence-corrected chi connectivity index (χ4v) is 1.25. The molecule has 0 amide bonds. The molecule has 1 atom stereocenters. The van der Waals surface area contributed by atoms with Crippen LogP contribution in [0.2, 0.25) is 0 Å². The molecular weight excluding hydrogens is 136 g/mol. The van der Waals surface area contributed by atoms with Gasteiger partial charge < -0.3 is 5.43 Å². The first-order chi connectivity index (χ1) is 5.47. The third kappa shape index (κ3) is 1.24. The number of rotatable bonds is 1. The maximum Gasteiger partial charge on any atom is 0.0739 e. The van der Waals surface area contributed by atoms with Gasteiger partial charge in [-0.2, -0.15) is 5.10 Å². The standard InChI is InChI=1S/C9H10N2/c1-2-4-8(5-3-1)9-6-7-10-11-9/h1-5,7,9,11H,6H2/t9-/m0/s1. The summed E-state index contributed by atoms with van der Waals surface area (Å²) in [6.07, 6.45) is 2.92. The lowest BCUT2D eigenvalue weighted by molar-refractivity contribution is 0.620. The highest BCUT2D eigenvalue weighted by atomic mass is 15.3. The van der Waals surface area contributed by atoms with Gasteiger partial charge in [0, 0.05) is 12.6 Å². The molecule has 0 radical (unpaired) electrons. The SMILES string of the molecule is C1=NN[C@H](c2ccccc2)C1. The molecule has 1 aromatic carbocycles. The monoisotopic (exact) mass is 146 g/mol.